The number of carboxylic acids is 1. The second-order valence-electron chi connectivity index (χ2n) is 4.68. The van der Waals surface area contributed by atoms with Crippen molar-refractivity contribution in [2.45, 2.75) is 57.9 Å². The third-order valence-corrected chi connectivity index (χ3v) is 3.27. The van der Waals surface area contributed by atoms with Crippen LogP contribution in [-0.4, -0.2) is 23.0 Å². The van der Waals surface area contributed by atoms with E-state index in [0.717, 1.165) is 19.3 Å². The van der Waals surface area contributed by atoms with Crippen molar-refractivity contribution < 1.29 is 14.7 Å². The van der Waals surface area contributed by atoms with Gasteiger partial charge in [-0.1, -0.05) is 26.2 Å². The number of carbonyl (C=O) groups excluding carboxylic acids is 1. The minimum atomic E-state index is -0.913. The van der Waals surface area contributed by atoms with Crippen LogP contribution in [0.1, 0.15) is 51.9 Å². The first-order valence-corrected chi connectivity index (χ1v) is 6.10. The molecule has 0 aliphatic heterocycles. The number of nitrogens with one attached hydrogen (secondary N) is 1. The molecule has 0 bridgehead atoms. The second-order valence-corrected chi connectivity index (χ2v) is 4.68. The molecule has 4 heteroatoms. The summed E-state index contributed by atoms with van der Waals surface area (Å²) < 4.78 is 0. The molecule has 0 aromatic carbocycles. The zero-order valence-corrected chi connectivity index (χ0v) is 9.87. The van der Waals surface area contributed by atoms with Gasteiger partial charge < -0.3 is 10.4 Å². The molecule has 0 aromatic rings. The van der Waals surface area contributed by atoms with E-state index in [1.165, 1.54) is 12.8 Å². The van der Waals surface area contributed by atoms with Gasteiger partial charge in [-0.25, -0.2) is 0 Å². The molecule has 0 radical (unpaired) electrons. The van der Waals surface area contributed by atoms with Crippen LogP contribution in [0, 0.1) is 5.92 Å². The Bertz CT molecular complexity index is 253. The molecule has 1 rings (SSSR count). The zero-order valence-electron chi connectivity index (χ0n) is 9.87. The summed E-state index contributed by atoms with van der Waals surface area (Å²) in [5.74, 6) is -0.526. The van der Waals surface area contributed by atoms with Crippen LogP contribution in [0.3, 0.4) is 0 Å². The molecule has 16 heavy (non-hydrogen) atoms. The van der Waals surface area contributed by atoms with Crippen molar-refractivity contribution in [1.29, 1.82) is 0 Å². The van der Waals surface area contributed by atoms with Gasteiger partial charge in [0, 0.05) is 12.5 Å². The van der Waals surface area contributed by atoms with Crippen LogP contribution in [0.4, 0.5) is 0 Å². The molecule has 2 atom stereocenters. The highest BCUT2D eigenvalue weighted by Gasteiger charge is 2.21. The lowest BCUT2D eigenvalue weighted by Crippen LogP contribution is -2.38. The van der Waals surface area contributed by atoms with E-state index in [1.807, 2.05) is 0 Å². The fourth-order valence-electron chi connectivity index (χ4n) is 2.21. The highest BCUT2D eigenvalue weighted by Crippen LogP contribution is 2.22. The van der Waals surface area contributed by atoms with E-state index in [0.29, 0.717) is 5.92 Å². The molecule has 0 saturated heterocycles. The van der Waals surface area contributed by atoms with E-state index in [9.17, 15) is 9.59 Å². The normalized spacial score (nSPS) is 25.8. The van der Waals surface area contributed by atoms with Crippen molar-refractivity contribution in [1.82, 2.24) is 5.32 Å². The Balaban J connectivity index is 2.33. The molecule has 1 saturated carbocycles. The number of hydrogen-bond acceptors (Lipinski definition) is 2. The highest BCUT2D eigenvalue weighted by molar-refractivity contribution is 5.80. The zero-order chi connectivity index (χ0) is 12.0. The molecule has 1 amide bonds. The van der Waals surface area contributed by atoms with Gasteiger partial charge in [0.2, 0.25) is 5.91 Å². The first-order valence-electron chi connectivity index (χ1n) is 6.10. The molecule has 92 valence electrons. The molecule has 1 aliphatic carbocycles. The molecule has 2 N–H and O–H groups in total. The van der Waals surface area contributed by atoms with Gasteiger partial charge in [-0.3, -0.25) is 9.59 Å². The van der Waals surface area contributed by atoms with E-state index < -0.39 is 5.97 Å². The van der Waals surface area contributed by atoms with Crippen LogP contribution in [0.2, 0.25) is 0 Å². The maximum Gasteiger partial charge on any atom is 0.303 e. The smallest absolute Gasteiger partial charge is 0.303 e. The van der Waals surface area contributed by atoms with Gasteiger partial charge in [0.05, 0.1) is 6.42 Å². The minimum absolute atomic E-state index is 0.0765. The van der Waals surface area contributed by atoms with Crippen molar-refractivity contribution in [3.05, 3.63) is 0 Å². The lowest BCUT2D eigenvalue weighted by molar-refractivity contribution is -0.139. The van der Waals surface area contributed by atoms with Crippen LogP contribution >= 0.6 is 0 Å². The fourth-order valence-corrected chi connectivity index (χ4v) is 2.21. The number of amides is 1. The van der Waals surface area contributed by atoms with Crippen molar-refractivity contribution in [3.63, 3.8) is 0 Å². The molecule has 2 unspecified atom stereocenters. The Morgan fingerprint density at radius 1 is 1.19 bits per heavy atom. The Labute approximate surface area is 96.4 Å². The number of hydrogen-bond donors (Lipinski definition) is 2. The van der Waals surface area contributed by atoms with Gasteiger partial charge >= 0.3 is 5.97 Å². The Morgan fingerprint density at radius 2 is 1.88 bits per heavy atom. The minimum Gasteiger partial charge on any atom is -0.481 e. The topological polar surface area (TPSA) is 66.4 Å². The summed E-state index contributed by atoms with van der Waals surface area (Å²) in [5, 5.41) is 11.4. The maximum absolute atomic E-state index is 11.5. The average Bonchev–Trinajstić information content (AvgIpc) is 2.42. The summed E-state index contributed by atoms with van der Waals surface area (Å²) in [4.78, 5) is 21.8. The molecule has 0 heterocycles. The summed E-state index contributed by atoms with van der Waals surface area (Å²) in [6.07, 6.45) is 5.85. The van der Waals surface area contributed by atoms with Gasteiger partial charge in [-0.2, -0.15) is 0 Å². The number of carbonyl (C=O) groups is 2. The van der Waals surface area contributed by atoms with Gasteiger partial charge in [0.25, 0.3) is 0 Å². The van der Waals surface area contributed by atoms with Crippen LogP contribution in [0.15, 0.2) is 0 Å². The van der Waals surface area contributed by atoms with Crippen molar-refractivity contribution in [3.8, 4) is 0 Å². The van der Waals surface area contributed by atoms with Crippen molar-refractivity contribution in [2.24, 2.45) is 5.92 Å². The van der Waals surface area contributed by atoms with Gasteiger partial charge in [0.1, 0.15) is 0 Å². The molecule has 1 fully saturated rings. The fraction of sp³-hybridized carbons (Fsp3) is 0.833. The molecular weight excluding hydrogens is 206 g/mol. The third-order valence-electron chi connectivity index (χ3n) is 3.27. The quantitative estimate of drug-likeness (QED) is 0.721. The molecule has 0 aromatic heterocycles. The summed E-state index contributed by atoms with van der Waals surface area (Å²) in [7, 11) is 0. The molecule has 1 aliphatic rings. The number of rotatable bonds is 4. The molecular formula is C12H21NO3. The van der Waals surface area contributed by atoms with E-state index in [2.05, 4.69) is 12.2 Å². The SMILES string of the molecule is CC1CCCCCC1NC(=O)CCC(=O)O. The summed E-state index contributed by atoms with van der Waals surface area (Å²) in [5.41, 5.74) is 0. The first kappa shape index (κ1) is 13.0. The third kappa shape index (κ3) is 4.64. The van der Waals surface area contributed by atoms with Crippen LogP contribution in [-0.2, 0) is 9.59 Å². The summed E-state index contributed by atoms with van der Waals surface area (Å²) in [6, 6.07) is 0.240. The maximum atomic E-state index is 11.5. The highest BCUT2D eigenvalue weighted by atomic mass is 16.4. The lowest BCUT2D eigenvalue weighted by Gasteiger charge is -2.22. The Kier molecular flexibility index (Phi) is 5.29. The van der Waals surface area contributed by atoms with Crippen molar-refractivity contribution in [2.75, 3.05) is 0 Å². The molecule has 4 nitrogen and oxygen atoms in total. The standard InChI is InChI=1S/C12H21NO3/c1-9-5-3-2-4-6-10(9)13-11(14)7-8-12(15)16/h9-10H,2-8H2,1H3,(H,13,14)(H,15,16). The van der Waals surface area contributed by atoms with Crippen LogP contribution in [0.5, 0.6) is 0 Å². The van der Waals surface area contributed by atoms with Gasteiger partial charge in [-0.05, 0) is 18.8 Å². The molecule has 0 spiro atoms. The predicted molar refractivity (Wildman–Crippen MR) is 61.0 cm³/mol. The van der Waals surface area contributed by atoms with Crippen LogP contribution < -0.4 is 5.32 Å². The average molecular weight is 227 g/mol. The summed E-state index contributed by atoms with van der Waals surface area (Å²) in [6.45, 7) is 2.16. The number of aliphatic carboxylic acids is 1. The van der Waals surface area contributed by atoms with E-state index in [4.69, 9.17) is 5.11 Å². The van der Waals surface area contributed by atoms with Crippen LogP contribution in [0.25, 0.3) is 0 Å². The van der Waals surface area contributed by atoms with Crippen molar-refractivity contribution >= 4 is 11.9 Å². The monoisotopic (exact) mass is 227 g/mol. The van der Waals surface area contributed by atoms with Gasteiger partial charge in [0.15, 0.2) is 0 Å². The summed E-state index contributed by atoms with van der Waals surface area (Å²) >= 11 is 0. The Morgan fingerprint density at radius 3 is 2.56 bits per heavy atom. The Hall–Kier alpha value is -1.06. The van der Waals surface area contributed by atoms with E-state index in [1.54, 1.807) is 0 Å². The second kappa shape index (κ2) is 6.51. The lowest BCUT2D eigenvalue weighted by atomic mass is 9.97. The first-order chi connectivity index (χ1) is 7.59. The van der Waals surface area contributed by atoms with E-state index in [-0.39, 0.29) is 24.8 Å². The largest absolute Gasteiger partial charge is 0.481 e. The number of carboxylic acid groups (broad SMARTS) is 1. The van der Waals surface area contributed by atoms with E-state index >= 15 is 0 Å². The predicted octanol–water partition coefficient (Wildman–Crippen LogP) is 1.94. The van der Waals surface area contributed by atoms with Gasteiger partial charge in [-0.15, -0.1) is 0 Å².